The average Bonchev–Trinajstić information content (AvgIpc) is 2.00. The Morgan fingerprint density at radius 3 is 2.25 bits per heavy atom. The van der Waals surface area contributed by atoms with E-state index in [-0.39, 0.29) is 17.5 Å². The fourth-order valence-corrected chi connectivity index (χ4v) is 0.804. The van der Waals surface area contributed by atoms with Crippen LogP contribution in [0.2, 0.25) is 0 Å². The predicted molar refractivity (Wildman–Crippen MR) is 48.9 cm³/mol. The summed E-state index contributed by atoms with van der Waals surface area (Å²) in [6.07, 6.45) is 3.93. The van der Waals surface area contributed by atoms with Crippen molar-refractivity contribution in [2.24, 2.45) is 5.92 Å². The first-order chi connectivity index (χ1) is 5.57. The van der Waals surface area contributed by atoms with Crippen LogP contribution in [0.5, 0.6) is 0 Å². The first-order valence-corrected chi connectivity index (χ1v) is 4.26. The largest absolute Gasteiger partial charge is 0.299 e. The lowest BCUT2D eigenvalue weighted by Crippen LogP contribution is -2.08. The highest BCUT2D eigenvalue weighted by atomic mass is 16.1. The Balaban J connectivity index is 3.69. The van der Waals surface area contributed by atoms with Crippen LogP contribution in [0.25, 0.3) is 0 Å². The highest BCUT2D eigenvalue weighted by Crippen LogP contribution is 2.02. The molecular weight excluding hydrogens is 152 g/mol. The fourth-order valence-electron chi connectivity index (χ4n) is 0.804. The summed E-state index contributed by atoms with van der Waals surface area (Å²) in [4.78, 5) is 22.0. The Kier molecular flexibility index (Phi) is 5.26. The molecule has 0 aromatic heterocycles. The van der Waals surface area contributed by atoms with E-state index in [2.05, 4.69) is 0 Å². The molecule has 0 spiro atoms. The molecule has 0 N–H and O–H groups in total. The van der Waals surface area contributed by atoms with Gasteiger partial charge in [-0.25, -0.2) is 0 Å². The first kappa shape index (κ1) is 11.1. The number of hydrogen-bond donors (Lipinski definition) is 0. The minimum absolute atomic E-state index is 0.0338. The minimum atomic E-state index is 0.0338. The maximum atomic E-state index is 11.1. The van der Waals surface area contributed by atoms with Crippen LogP contribution in [-0.2, 0) is 9.59 Å². The van der Waals surface area contributed by atoms with E-state index in [1.165, 1.54) is 6.08 Å². The van der Waals surface area contributed by atoms with Gasteiger partial charge >= 0.3 is 0 Å². The van der Waals surface area contributed by atoms with Gasteiger partial charge in [0.1, 0.15) is 5.78 Å². The number of carbonyl (C=O) groups is 2. The van der Waals surface area contributed by atoms with Crippen LogP contribution >= 0.6 is 0 Å². The molecule has 2 nitrogen and oxygen atoms in total. The summed E-state index contributed by atoms with van der Waals surface area (Å²) in [5, 5.41) is 0. The molecule has 0 saturated heterocycles. The summed E-state index contributed by atoms with van der Waals surface area (Å²) in [6, 6.07) is 0. The molecule has 0 bridgehead atoms. The molecule has 0 rings (SSSR count). The molecular formula is C10H16O2. The number of allylic oxidation sites excluding steroid dienone is 2. The SMILES string of the molecule is C/C=C/C(=O)CCC(=O)C(C)C. The van der Waals surface area contributed by atoms with Crippen molar-refractivity contribution in [1.82, 2.24) is 0 Å². The van der Waals surface area contributed by atoms with Crippen molar-refractivity contribution in [3.8, 4) is 0 Å². The molecule has 0 radical (unpaired) electrons. The Hall–Kier alpha value is -0.920. The quantitative estimate of drug-likeness (QED) is 0.589. The lowest BCUT2D eigenvalue weighted by Gasteiger charge is -2.00. The smallest absolute Gasteiger partial charge is 0.155 e. The van der Waals surface area contributed by atoms with E-state index >= 15 is 0 Å². The Morgan fingerprint density at radius 2 is 1.83 bits per heavy atom. The van der Waals surface area contributed by atoms with Crippen LogP contribution in [0, 0.1) is 5.92 Å². The second-order valence-electron chi connectivity index (χ2n) is 3.09. The van der Waals surface area contributed by atoms with Gasteiger partial charge in [0.25, 0.3) is 0 Å². The summed E-state index contributed by atoms with van der Waals surface area (Å²) < 4.78 is 0. The molecule has 12 heavy (non-hydrogen) atoms. The van der Waals surface area contributed by atoms with Crippen molar-refractivity contribution in [3.05, 3.63) is 12.2 Å². The highest BCUT2D eigenvalue weighted by Gasteiger charge is 2.08. The second-order valence-corrected chi connectivity index (χ2v) is 3.09. The Bertz CT molecular complexity index is 190. The molecule has 0 amide bonds. The molecule has 2 heteroatoms. The van der Waals surface area contributed by atoms with Gasteiger partial charge < -0.3 is 0 Å². The molecule has 0 atom stereocenters. The molecule has 0 unspecified atom stereocenters. The van der Waals surface area contributed by atoms with E-state index < -0.39 is 0 Å². The van der Waals surface area contributed by atoms with Crippen molar-refractivity contribution in [2.45, 2.75) is 33.6 Å². The summed E-state index contributed by atoms with van der Waals surface area (Å²) in [5.74, 6) is 0.239. The number of hydrogen-bond acceptors (Lipinski definition) is 2. The summed E-state index contributed by atoms with van der Waals surface area (Å²) in [7, 11) is 0. The van der Waals surface area contributed by atoms with Crippen molar-refractivity contribution in [1.29, 1.82) is 0 Å². The fraction of sp³-hybridized carbons (Fsp3) is 0.600. The number of rotatable bonds is 5. The minimum Gasteiger partial charge on any atom is -0.299 e. The zero-order valence-electron chi connectivity index (χ0n) is 7.96. The normalized spacial score (nSPS) is 11.0. The van der Waals surface area contributed by atoms with Gasteiger partial charge in [-0.3, -0.25) is 9.59 Å². The Morgan fingerprint density at radius 1 is 1.25 bits per heavy atom. The average molecular weight is 168 g/mol. The monoisotopic (exact) mass is 168 g/mol. The molecule has 0 aliphatic rings. The van der Waals surface area contributed by atoms with Crippen LogP contribution < -0.4 is 0 Å². The summed E-state index contributed by atoms with van der Waals surface area (Å²) in [5.41, 5.74) is 0. The predicted octanol–water partition coefficient (Wildman–Crippen LogP) is 2.14. The van der Waals surface area contributed by atoms with Crippen molar-refractivity contribution < 1.29 is 9.59 Å². The van der Waals surface area contributed by atoms with Gasteiger partial charge in [-0.1, -0.05) is 19.9 Å². The van der Waals surface area contributed by atoms with Crippen molar-refractivity contribution in [2.75, 3.05) is 0 Å². The van der Waals surface area contributed by atoms with Gasteiger partial charge in [-0.15, -0.1) is 0 Å². The van der Waals surface area contributed by atoms with E-state index in [1.54, 1.807) is 13.0 Å². The number of Topliss-reactive ketones (excluding diaryl/α,β-unsaturated/α-hetero) is 1. The molecule has 0 aliphatic carbocycles. The van der Waals surface area contributed by atoms with Crippen molar-refractivity contribution >= 4 is 11.6 Å². The second kappa shape index (κ2) is 5.70. The molecule has 68 valence electrons. The Labute approximate surface area is 73.7 Å². The molecule has 0 aliphatic heterocycles. The van der Waals surface area contributed by atoms with E-state index in [0.717, 1.165) is 0 Å². The zero-order chi connectivity index (χ0) is 9.56. The van der Waals surface area contributed by atoms with Gasteiger partial charge in [-0.2, -0.15) is 0 Å². The summed E-state index contributed by atoms with van der Waals surface area (Å²) in [6.45, 7) is 5.49. The van der Waals surface area contributed by atoms with Gasteiger partial charge in [0.15, 0.2) is 5.78 Å². The van der Waals surface area contributed by atoms with E-state index in [0.29, 0.717) is 12.8 Å². The third-order valence-electron chi connectivity index (χ3n) is 1.61. The van der Waals surface area contributed by atoms with Gasteiger partial charge in [-0.05, 0) is 13.0 Å². The molecule has 0 aromatic carbocycles. The molecule has 0 heterocycles. The zero-order valence-corrected chi connectivity index (χ0v) is 7.96. The number of ketones is 2. The van der Waals surface area contributed by atoms with E-state index in [4.69, 9.17) is 0 Å². The third kappa shape index (κ3) is 4.83. The third-order valence-corrected chi connectivity index (χ3v) is 1.61. The first-order valence-electron chi connectivity index (χ1n) is 4.26. The molecule has 0 aromatic rings. The van der Waals surface area contributed by atoms with Crippen LogP contribution in [0.4, 0.5) is 0 Å². The van der Waals surface area contributed by atoms with Crippen molar-refractivity contribution in [3.63, 3.8) is 0 Å². The van der Waals surface area contributed by atoms with Gasteiger partial charge in [0.05, 0.1) is 0 Å². The van der Waals surface area contributed by atoms with E-state index in [9.17, 15) is 9.59 Å². The van der Waals surface area contributed by atoms with E-state index in [1.807, 2.05) is 13.8 Å². The number of carbonyl (C=O) groups excluding carboxylic acids is 2. The maximum Gasteiger partial charge on any atom is 0.155 e. The molecule has 0 fully saturated rings. The summed E-state index contributed by atoms with van der Waals surface area (Å²) >= 11 is 0. The van der Waals surface area contributed by atoms with Crippen LogP contribution in [-0.4, -0.2) is 11.6 Å². The van der Waals surface area contributed by atoms with Crippen LogP contribution in [0.1, 0.15) is 33.6 Å². The van der Waals surface area contributed by atoms with Crippen LogP contribution in [0.3, 0.4) is 0 Å². The lowest BCUT2D eigenvalue weighted by molar-refractivity contribution is -0.124. The van der Waals surface area contributed by atoms with Crippen LogP contribution in [0.15, 0.2) is 12.2 Å². The van der Waals surface area contributed by atoms with Gasteiger partial charge in [0, 0.05) is 18.8 Å². The standard InChI is InChI=1S/C10H16O2/c1-4-5-9(11)6-7-10(12)8(2)3/h4-5,8H,6-7H2,1-3H3/b5-4+. The lowest BCUT2D eigenvalue weighted by atomic mass is 10.0. The highest BCUT2D eigenvalue weighted by molar-refractivity contribution is 5.93. The topological polar surface area (TPSA) is 34.1 Å². The maximum absolute atomic E-state index is 11.1. The molecule has 0 saturated carbocycles. The van der Waals surface area contributed by atoms with Gasteiger partial charge in [0.2, 0.25) is 0 Å².